The van der Waals surface area contributed by atoms with Gasteiger partial charge in [0.15, 0.2) is 0 Å². The third-order valence-corrected chi connectivity index (χ3v) is 4.40. The van der Waals surface area contributed by atoms with Crippen LogP contribution in [0.4, 0.5) is 0 Å². The summed E-state index contributed by atoms with van der Waals surface area (Å²) in [5.74, 6) is 0. The third kappa shape index (κ3) is 8.57. The minimum Gasteiger partial charge on any atom is -0.355 e. The van der Waals surface area contributed by atoms with Crippen LogP contribution in [0.15, 0.2) is 0 Å². The van der Waals surface area contributed by atoms with Crippen LogP contribution in [0.25, 0.3) is 0 Å². The average molecular weight is 282 g/mol. The van der Waals surface area contributed by atoms with Crippen molar-refractivity contribution in [3.8, 4) is 0 Å². The first-order valence-electron chi connectivity index (χ1n) is 8.79. The van der Waals surface area contributed by atoms with Gasteiger partial charge in [-0.25, -0.2) is 0 Å². The predicted octanol–water partition coefficient (Wildman–Crippen LogP) is 3.73. The molecule has 0 unspecified atom stereocenters. The van der Waals surface area contributed by atoms with E-state index in [1.165, 1.54) is 70.8 Å². The Morgan fingerprint density at radius 1 is 1.00 bits per heavy atom. The Morgan fingerprint density at radius 3 is 2.20 bits per heavy atom. The summed E-state index contributed by atoms with van der Waals surface area (Å²) in [6.07, 6.45) is 16.0. The highest BCUT2D eigenvalue weighted by Gasteiger charge is 2.20. The van der Waals surface area contributed by atoms with Crippen molar-refractivity contribution < 1.29 is 4.79 Å². The highest BCUT2D eigenvalue weighted by Crippen LogP contribution is 2.13. The molecule has 0 aromatic carbocycles. The Kier molecular flexibility index (Phi) is 10.7. The van der Waals surface area contributed by atoms with E-state index >= 15 is 0 Å². The third-order valence-electron chi connectivity index (χ3n) is 4.40. The quantitative estimate of drug-likeness (QED) is 0.412. The van der Waals surface area contributed by atoms with Gasteiger partial charge in [-0.15, -0.1) is 0 Å². The van der Waals surface area contributed by atoms with E-state index in [2.05, 4.69) is 17.1 Å². The van der Waals surface area contributed by atoms with Crippen LogP contribution in [-0.4, -0.2) is 37.0 Å². The van der Waals surface area contributed by atoms with Gasteiger partial charge in [-0.2, -0.15) is 0 Å². The van der Waals surface area contributed by atoms with E-state index in [1.807, 2.05) is 0 Å². The Morgan fingerprint density at radius 2 is 1.60 bits per heavy atom. The number of carbonyl (C=O) groups is 1. The minimum atomic E-state index is 0.399. The lowest BCUT2D eigenvalue weighted by Crippen LogP contribution is -2.31. The fourth-order valence-corrected chi connectivity index (χ4v) is 3.09. The van der Waals surface area contributed by atoms with E-state index in [9.17, 15) is 4.79 Å². The summed E-state index contributed by atoms with van der Waals surface area (Å²) in [6.45, 7) is 5.70. The van der Waals surface area contributed by atoms with Crippen molar-refractivity contribution in [2.24, 2.45) is 0 Å². The van der Waals surface area contributed by atoms with Gasteiger partial charge in [0.2, 0.25) is 6.41 Å². The van der Waals surface area contributed by atoms with Crippen LogP contribution < -0.4 is 5.32 Å². The molecule has 1 aliphatic rings. The van der Waals surface area contributed by atoms with Crippen molar-refractivity contribution >= 4 is 6.41 Å². The molecule has 0 aliphatic carbocycles. The van der Waals surface area contributed by atoms with Crippen molar-refractivity contribution in [1.29, 1.82) is 0 Å². The molecule has 1 atom stereocenters. The number of carbonyl (C=O) groups excluding carboxylic acids is 1. The van der Waals surface area contributed by atoms with Crippen LogP contribution in [0, 0.1) is 0 Å². The number of likely N-dealkylation sites (tertiary alicyclic amines) is 1. The molecule has 3 heteroatoms. The molecule has 0 saturated carbocycles. The smallest absolute Gasteiger partial charge is 0.207 e. The first-order chi connectivity index (χ1) is 9.86. The van der Waals surface area contributed by atoms with Crippen LogP contribution >= 0.6 is 0 Å². The lowest BCUT2D eigenvalue weighted by atomic mass is 10.1. The molecular weight excluding hydrogens is 248 g/mol. The van der Waals surface area contributed by atoms with Gasteiger partial charge in [0.25, 0.3) is 0 Å². The van der Waals surface area contributed by atoms with E-state index in [0.29, 0.717) is 6.04 Å². The molecule has 0 spiro atoms. The van der Waals surface area contributed by atoms with E-state index in [-0.39, 0.29) is 0 Å². The summed E-state index contributed by atoms with van der Waals surface area (Å²) in [6, 6.07) is 0.399. The van der Waals surface area contributed by atoms with E-state index in [4.69, 9.17) is 0 Å². The summed E-state index contributed by atoms with van der Waals surface area (Å²) in [4.78, 5) is 12.9. The highest BCUT2D eigenvalue weighted by molar-refractivity contribution is 5.46. The molecule has 1 heterocycles. The summed E-state index contributed by atoms with van der Waals surface area (Å²) < 4.78 is 0. The zero-order valence-corrected chi connectivity index (χ0v) is 13.4. The van der Waals surface area contributed by atoms with Gasteiger partial charge in [-0.05, 0) is 19.4 Å². The highest BCUT2D eigenvalue weighted by atomic mass is 16.1. The van der Waals surface area contributed by atoms with Crippen LogP contribution in [0.2, 0.25) is 0 Å². The molecule has 1 rings (SSSR count). The van der Waals surface area contributed by atoms with Gasteiger partial charge < -0.3 is 10.2 Å². The molecule has 118 valence electrons. The molecule has 0 bridgehead atoms. The maximum Gasteiger partial charge on any atom is 0.207 e. The Balaban J connectivity index is 1.80. The second-order valence-corrected chi connectivity index (χ2v) is 6.25. The number of hydrogen-bond acceptors (Lipinski definition) is 2. The summed E-state index contributed by atoms with van der Waals surface area (Å²) in [5, 5.41) is 2.89. The van der Waals surface area contributed by atoms with Gasteiger partial charge in [0.05, 0.1) is 0 Å². The van der Waals surface area contributed by atoms with Crippen molar-refractivity contribution in [2.75, 3.05) is 19.6 Å². The van der Waals surface area contributed by atoms with Crippen molar-refractivity contribution in [1.82, 2.24) is 10.2 Å². The molecular formula is C17H34N2O. The lowest BCUT2D eigenvalue weighted by molar-refractivity contribution is -0.110. The van der Waals surface area contributed by atoms with Gasteiger partial charge in [-0.1, -0.05) is 64.7 Å². The number of unbranched alkanes of at least 4 members (excludes halogenated alkanes) is 9. The minimum absolute atomic E-state index is 0.399. The first kappa shape index (κ1) is 17.5. The zero-order valence-electron chi connectivity index (χ0n) is 13.4. The van der Waals surface area contributed by atoms with Crippen LogP contribution in [-0.2, 0) is 4.79 Å². The molecule has 1 aliphatic heterocycles. The monoisotopic (exact) mass is 282 g/mol. The van der Waals surface area contributed by atoms with Crippen LogP contribution in [0.3, 0.4) is 0 Å². The number of nitrogens with one attached hydrogen (secondary N) is 1. The molecule has 0 radical (unpaired) electrons. The lowest BCUT2D eigenvalue weighted by Gasteiger charge is -2.15. The van der Waals surface area contributed by atoms with E-state index < -0.39 is 0 Å². The fraction of sp³-hybridized carbons (Fsp3) is 0.941. The Hall–Kier alpha value is -0.570. The van der Waals surface area contributed by atoms with Crippen molar-refractivity contribution in [2.45, 2.75) is 83.6 Å². The van der Waals surface area contributed by atoms with Gasteiger partial charge in [-0.3, -0.25) is 4.79 Å². The Bertz CT molecular complexity index is 233. The fourth-order valence-electron chi connectivity index (χ4n) is 3.09. The standard InChI is InChI=1S/C17H34N2O/c1-2-3-4-5-6-7-8-9-10-11-13-19-14-12-17(15-19)18-16-20/h16-17H,2-15H2,1H3,(H,18,20)/t17-/m1/s1. The number of nitrogens with zero attached hydrogens (tertiary/aromatic N) is 1. The number of hydrogen-bond donors (Lipinski definition) is 1. The van der Waals surface area contributed by atoms with E-state index in [0.717, 1.165) is 25.9 Å². The second kappa shape index (κ2) is 12.2. The summed E-state index contributed by atoms with van der Waals surface area (Å²) in [5.41, 5.74) is 0. The van der Waals surface area contributed by atoms with Crippen molar-refractivity contribution in [3.05, 3.63) is 0 Å². The molecule has 0 aromatic heterocycles. The predicted molar refractivity (Wildman–Crippen MR) is 85.9 cm³/mol. The van der Waals surface area contributed by atoms with Gasteiger partial charge >= 0.3 is 0 Å². The molecule has 20 heavy (non-hydrogen) atoms. The molecule has 0 aromatic rings. The normalized spacial score (nSPS) is 19.4. The zero-order chi connectivity index (χ0) is 14.5. The molecule has 1 fully saturated rings. The second-order valence-electron chi connectivity index (χ2n) is 6.25. The summed E-state index contributed by atoms with van der Waals surface area (Å²) in [7, 11) is 0. The van der Waals surface area contributed by atoms with Gasteiger partial charge in [0.1, 0.15) is 0 Å². The first-order valence-corrected chi connectivity index (χ1v) is 8.79. The van der Waals surface area contributed by atoms with Crippen LogP contribution in [0.1, 0.15) is 77.6 Å². The number of amides is 1. The largest absolute Gasteiger partial charge is 0.355 e. The van der Waals surface area contributed by atoms with E-state index in [1.54, 1.807) is 0 Å². The van der Waals surface area contributed by atoms with Crippen LogP contribution in [0.5, 0.6) is 0 Å². The molecule has 1 amide bonds. The molecule has 3 nitrogen and oxygen atoms in total. The topological polar surface area (TPSA) is 32.3 Å². The van der Waals surface area contributed by atoms with Crippen molar-refractivity contribution in [3.63, 3.8) is 0 Å². The molecule has 1 saturated heterocycles. The molecule has 1 N–H and O–H groups in total. The summed E-state index contributed by atoms with van der Waals surface area (Å²) >= 11 is 0. The Labute approximate surface area is 125 Å². The maximum absolute atomic E-state index is 10.4. The number of rotatable bonds is 13. The van der Waals surface area contributed by atoms with Gasteiger partial charge in [0, 0.05) is 19.1 Å². The maximum atomic E-state index is 10.4. The average Bonchev–Trinajstić information content (AvgIpc) is 2.89. The SMILES string of the molecule is CCCCCCCCCCCCN1CC[C@@H](NC=O)C1.